The Morgan fingerprint density at radius 1 is 0.963 bits per heavy atom. The zero-order chi connectivity index (χ0) is 19.2. The van der Waals surface area contributed by atoms with Crippen molar-refractivity contribution in [2.45, 2.75) is 13.8 Å². The first kappa shape index (κ1) is 18.6. The molecule has 0 fully saturated rings. The van der Waals surface area contributed by atoms with Gasteiger partial charge in [-0.1, -0.05) is 48.5 Å². The molecule has 1 amide bonds. The van der Waals surface area contributed by atoms with E-state index in [1.165, 1.54) is 6.08 Å². The van der Waals surface area contributed by atoms with Crippen molar-refractivity contribution in [2.75, 3.05) is 5.32 Å². The smallest absolute Gasteiger partial charge is 0.250 e. The average Bonchev–Trinajstić information content (AvgIpc) is 3.13. The van der Waals surface area contributed by atoms with Crippen LogP contribution in [0.5, 0.6) is 0 Å². The number of carbonyl (C=O) groups is 1. The number of aryl methyl sites for hydroxylation is 2. The minimum Gasteiger partial charge on any atom is -0.457 e. The van der Waals surface area contributed by atoms with Gasteiger partial charge >= 0.3 is 0 Å². The molecule has 0 spiro atoms. The molecule has 2 N–H and O–H groups in total. The summed E-state index contributed by atoms with van der Waals surface area (Å²) in [5.41, 5.74) is 4.02. The van der Waals surface area contributed by atoms with Gasteiger partial charge < -0.3 is 9.73 Å². The lowest BCUT2D eigenvalue weighted by molar-refractivity contribution is -0.115. The van der Waals surface area contributed by atoms with E-state index in [1.807, 2.05) is 74.5 Å². The number of amides is 1. The highest BCUT2D eigenvalue weighted by molar-refractivity contribution is 7.80. The number of hydrogen-bond acceptors (Lipinski definition) is 3. The molecule has 3 aromatic rings. The fourth-order valence-corrected chi connectivity index (χ4v) is 2.87. The second kappa shape index (κ2) is 8.47. The number of para-hydroxylation sites is 1. The molecule has 0 saturated heterocycles. The number of benzene rings is 2. The molecule has 0 radical (unpaired) electrons. The summed E-state index contributed by atoms with van der Waals surface area (Å²) in [6.45, 7) is 3.97. The van der Waals surface area contributed by atoms with Crippen molar-refractivity contribution in [3.8, 4) is 11.3 Å². The molecule has 3 rings (SSSR count). The first-order chi connectivity index (χ1) is 13.0. The summed E-state index contributed by atoms with van der Waals surface area (Å²) in [6, 6.07) is 19.4. The molecule has 0 aliphatic heterocycles. The highest BCUT2D eigenvalue weighted by Gasteiger charge is 2.07. The van der Waals surface area contributed by atoms with E-state index in [2.05, 4.69) is 10.6 Å². The van der Waals surface area contributed by atoms with Gasteiger partial charge in [-0.15, -0.1) is 0 Å². The van der Waals surface area contributed by atoms with Gasteiger partial charge in [-0.2, -0.15) is 0 Å². The maximum atomic E-state index is 12.1. The van der Waals surface area contributed by atoms with Crippen molar-refractivity contribution in [3.05, 3.63) is 83.6 Å². The van der Waals surface area contributed by atoms with Crippen LogP contribution < -0.4 is 10.6 Å². The molecule has 1 heterocycles. The number of hydrogen-bond donors (Lipinski definition) is 2. The van der Waals surface area contributed by atoms with Crippen molar-refractivity contribution >= 4 is 35.0 Å². The Labute approximate surface area is 163 Å². The second-order valence-corrected chi connectivity index (χ2v) is 6.52. The summed E-state index contributed by atoms with van der Waals surface area (Å²) in [5.74, 6) is 1.02. The lowest BCUT2D eigenvalue weighted by atomic mass is 10.1. The maximum Gasteiger partial charge on any atom is 0.250 e. The highest BCUT2D eigenvalue weighted by Crippen LogP contribution is 2.22. The van der Waals surface area contributed by atoms with E-state index < -0.39 is 0 Å². The van der Waals surface area contributed by atoms with Gasteiger partial charge in [-0.25, -0.2) is 0 Å². The zero-order valence-corrected chi connectivity index (χ0v) is 16.0. The summed E-state index contributed by atoms with van der Waals surface area (Å²) in [4.78, 5) is 12.1. The second-order valence-electron chi connectivity index (χ2n) is 6.11. The van der Waals surface area contributed by atoms with Crippen LogP contribution in [0.1, 0.15) is 16.9 Å². The van der Waals surface area contributed by atoms with Gasteiger partial charge in [-0.05, 0) is 55.4 Å². The lowest BCUT2D eigenvalue weighted by Gasteiger charge is -2.13. The van der Waals surface area contributed by atoms with Gasteiger partial charge in [0.1, 0.15) is 11.5 Å². The molecular weight excluding hydrogens is 356 g/mol. The largest absolute Gasteiger partial charge is 0.457 e. The third kappa shape index (κ3) is 4.92. The number of thiocarbonyl (C=S) groups is 1. The van der Waals surface area contributed by atoms with Gasteiger partial charge in [0.05, 0.1) is 0 Å². The van der Waals surface area contributed by atoms with Crippen LogP contribution in [0.3, 0.4) is 0 Å². The molecule has 2 aromatic carbocycles. The number of anilines is 1. The molecule has 0 saturated carbocycles. The van der Waals surface area contributed by atoms with Crippen LogP contribution in [0.15, 0.2) is 71.2 Å². The van der Waals surface area contributed by atoms with Crippen LogP contribution in [-0.4, -0.2) is 11.0 Å². The quantitative estimate of drug-likeness (QED) is 0.492. The molecule has 27 heavy (non-hydrogen) atoms. The number of furan rings is 1. The predicted molar refractivity (Wildman–Crippen MR) is 113 cm³/mol. The molecule has 0 aliphatic rings. The fourth-order valence-electron chi connectivity index (χ4n) is 2.67. The topological polar surface area (TPSA) is 54.3 Å². The van der Waals surface area contributed by atoms with Gasteiger partial charge in [0.25, 0.3) is 0 Å². The van der Waals surface area contributed by atoms with Crippen LogP contribution in [0.4, 0.5) is 5.69 Å². The Balaban J connectivity index is 1.59. The molecule has 5 heteroatoms. The normalized spacial score (nSPS) is 10.7. The minimum atomic E-state index is -0.323. The van der Waals surface area contributed by atoms with Crippen LogP contribution in [0.25, 0.3) is 17.4 Å². The molecule has 0 unspecified atom stereocenters. The molecule has 136 valence electrons. The SMILES string of the molecule is Cc1cccc(C)c1NC(=S)NC(=O)/C=C/c1ccc(-c2ccccc2)o1. The highest BCUT2D eigenvalue weighted by atomic mass is 32.1. The predicted octanol–water partition coefficient (Wildman–Crippen LogP) is 5.09. The summed E-state index contributed by atoms with van der Waals surface area (Å²) >= 11 is 5.23. The van der Waals surface area contributed by atoms with E-state index in [0.29, 0.717) is 5.76 Å². The van der Waals surface area contributed by atoms with Gasteiger partial charge in [0.15, 0.2) is 5.11 Å². The van der Waals surface area contributed by atoms with Gasteiger partial charge in [0.2, 0.25) is 5.91 Å². The molecular formula is C22H20N2O2S. The average molecular weight is 376 g/mol. The maximum absolute atomic E-state index is 12.1. The number of nitrogens with one attached hydrogen (secondary N) is 2. The molecule has 4 nitrogen and oxygen atoms in total. The molecule has 0 aliphatic carbocycles. The first-order valence-electron chi connectivity index (χ1n) is 8.54. The van der Waals surface area contributed by atoms with Crippen LogP contribution >= 0.6 is 12.2 Å². The fraction of sp³-hybridized carbons (Fsp3) is 0.0909. The van der Waals surface area contributed by atoms with E-state index in [4.69, 9.17) is 16.6 Å². The number of rotatable bonds is 4. The summed E-state index contributed by atoms with van der Waals surface area (Å²) in [7, 11) is 0. The third-order valence-corrected chi connectivity index (χ3v) is 4.24. The molecule has 1 aromatic heterocycles. The Bertz CT molecular complexity index is 970. The van der Waals surface area contributed by atoms with Crippen molar-refractivity contribution < 1.29 is 9.21 Å². The van der Waals surface area contributed by atoms with Crippen molar-refractivity contribution in [2.24, 2.45) is 0 Å². The van der Waals surface area contributed by atoms with Gasteiger partial charge in [-0.3, -0.25) is 10.1 Å². The Hall–Kier alpha value is -3.18. The van der Waals surface area contributed by atoms with E-state index in [9.17, 15) is 4.79 Å². The van der Waals surface area contributed by atoms with Crippen LogP contribution in [-0.2, 0) is 4.79 Å². The Morgan fingerprint density at radius 3 is 2.37 bits per heavy atom. The Morgan fingerprint density at radius 2 is 1.67 bits per heavy atom. The summed E-state index contributed by atoms with van der Waals surface area (Å²) in [5, 5.41) is 5.98. The number of carbonyl (C=O) groups excluding carboxylic acids is 1. The minimum absolute atomic E-state index is 0.256. The molecule has 0 atom stereocenters. The van der Waals surface area contributed by atoms with Gasteiger partial charge in [0, 0.05) is 17.3 Å². The van der Waals surface area contributed by atoms with E-state index in [1.54, 1.807) is 6.08 Å². The van der Waals surface area contributed by atoms with Crippen molar-refractivity contribution in [3.63, 3.8) is 0 Å². The third-order valence-electron chi connectivity index (χ3n) is 4.04. The first-order valence-corrected chi connectivity index (χ1v) is 8.95. The van der Waals surface area contributed by atoms with E-state index in [0.717, 1.165) is 28.1 Å². The zero-order valence-electron chi connectivity index (χ0n) is 15.2. The monoisotopic (exact) mass is 376 g/mol. The van der Waals surface area contributed by atoms with Crippen molar-refractivity contribution in [1.29, 1.82) is 0 Å². The summed E-state index contributed by atoms with van der Waals surface area (Å²) < 4.78 is 5.74. The summed E-state index contributed by atoms with van der Waals surface area (Å²) in [6.07, 6.45) is 3.01. The van der Waals surface area contributed by atoms with Crippen LogP contribution in [0, 0.1) is 13.8 Å². The van der Waals surface area contributed by atoms with E-state index >= 15 is 0 Å². The lowest BCUT2D eigenvalue weighted by Crippen LogP contribution is -2.33. The van der Waals surface area contributed by atoms with E-state index in [-0.39, 0.29) is 11.0 Å². The standard InChI is InChI=1S/C22H20N2O2S/c1-15-7-6-8-16(2)21(15)24-22(27)23-20(25)14-12-18-11-13-19(26-18)17-9-4-3-5-10-17/h3-14H,1-2H3,(H2,23,24,25,27)/b14-12+. The van der Waals surface area contributed by atoms with Crippen molar-refractivity contribution in [1.82, 2.24) is 5.32 Å². The van der Waals surface area contributed by atoms with Crippen LogP contribution in [0.2, 0.25) is 0 Å². The Kier molecular flexibility index (Phi) is 5.84. The molecule has 0 bridgehead atoms.